The number of nitrogens with zero attached hydrogens (tertiary/aromatic N) is 1. The topological polar surface area (TPSA) is 55.8 Å². The molecule has 0 aliphatic carbocycles. The van der Waals surface area contributed by atoms with Crippen LogP contribution in [0, 0.1) is 0 Å². The van der Waals surface area contributed by atoms with Crippen molar-refractivity contribution < 1.29 is 19.1 Å². The van der Waals surface area contributed by atoms with E-state index in [-0.39, 0.29) is 24.1 Å². The van der Waals surface area contributed by atoms with Gasteiger partial charge in [0.2, 0.25) is 0 Å². The number of carbonyl (C=O) groups excluding carboxylic acids is 2. The Hall–Kier alpha value is -1.52. The highest BCUT2D eigenvalue weighted by atomic mass is 16.6. The predicted molar refractivity (Wildman–Crippen MR) is 78.8 cm³/mol. The van der Waals surface area contributed by atoms with Crippen LogP contribution in [0.3, 0.4) is 0 Å². The summed E-state index contributed by atoms with van der Waals surface area (Å²) < 4.78 is 10.5. The minimum atomic E-state index is -0.501. The van der Waals surface area contributed by atoms with Gasteiger partial charge in [-0.1, -0.05) is 0 Å². The molecule has 0 spiro atoms. The zero-order valence-corrected chi connectivity index (χ0v) is 13.3. The molecule has 0 aromatic carbocycles. The molecule has 2 atom stereocenters. The van der Waals surface area contributed by atoms with E-state index in [2.05, 4.69) is 0 Å². The lowest BCUT2D eigenvalue weighted by molar-refractivity contribution is -0.137. The van der Waals surface area contributed by atoms with Crippen LogP contribution in [0.1, 0.15) is 53.4 Å². The van der Waals surface area contributed by atoms with Crippen LogP contribution >= 0.6 is 0 Å². The van der Waals surface area contributed by atoms with Crippen molar-refractivity contribution in [3.8, 4) is 0 Å². The van der Waals surface area contributed by atoms with Gasteiger partial charge < -0.3 is 9.47 Å². The van der Waals surface area contributed by atoms with Gasteiger partial charge in [-0.3, -0.25) is 4.90 Å². The molecule has 2 saturated heterocycles. The summed E-state index contributed by atoms with van der Waals surface area (Å²) >= 11 is 0. The van der Waals surface area contributed by atoms with Crippen LogP contribution in [0.5, 0.6) is 0 Å². The highest BCUT2D eigenvalue weighted by Crippen LogP contribution is 2.40. The summed E-state index contributed by atoms with van der Waals surface area (Å²) in [5.41, 5.74) is 0.501. The number of amides is 1. The Kier molecular flexibility index (Phi) is 4.59. The molecule has 2 fully saturated rings. The molecule has 5 heteroatoms. The molecule has 21 heavy (non-hydrogen) atoms. The van der Waals surface area contributed by atoms with Crippen LogP contribution in [-0.4, -0.2) is 41.3 Å². The van der Waals surface area contributed by atoms with E-state index < -0.39 is 5.60 Å². The molecule has 118 valence electrons. The maximum Gasteiger partial charge on any atom is 0.411 e. The monoisotopic (exact) mass is 295 g/mol. The second kappa shape index (κ2) is 6.08. The first-order chi connectivity index (χ1) is 9.81. The molecule has 0 aromatic heterocycles. The van der Waals surface area contributed by atoms with Gasteiger partial charge in [0.05, 0.1) is 12.6 Å². The van der Waals surface area contributed by atoms with Gasteiger partial charge in [-0.25, -0.2) is 9.59 Å². The Morgan fingerprint density at radius 1 is 1.33 bits per heavy atom. The number of ether oxygens (including phenoxy) is 2. The molecule has 2 aliphatic heterocycles. The minimum absolute atomic E-state index is 0.0111. The summed E-state index contributed by atoms with van der Waals surface area (Å²) in [5.74, 6) is -0.316. The van der Waals surface area contributed by atoms with Crippen LogP contribution in [0.25, 0.3) is 0 Å². The van der Waals surface area contributed by atoms with Gasteiger partial charge in [-0.2, -0.15) is 0 Å². The quantitative estimate of drug-likeness (QED) is 0.580. The Balaban J connectivity index is 2.14. The summed E-state index contributed by atoms with van der Waals surface area (Å²) in [5, 5.41) is 0. The zero-order valence-electron chi connectivity index (χ0n) is 13.3. The van der Waals surface area contributed by atoms with Crippen molar-refractivity contribution in [3.63, 3.8) is 0 Å². The molecular formula is C16H25NO4. The lowest BCUT2D eigenvalue weighted by Gasteiger charge is -2.35. The second-order valence-electron chi connectivity index (χ2n) is 6.66. The van der Waals surface area contributed by atoms with Gasteiger partial charge in [0.15, 0.2) is 0 Å². The van der Waals surface area contributed by atoms with Crippen molar-refractivity contribution in [2.24, 2.45) is 0 Å². The van der Waals surface area contributed by atoms with Crippen molar-refractivity contribution in [1.29, 1.82) is 0 Å². The maximum atomic E-state index is 12.4. The second-order valence-corrected chi connectivity index (χ2v) is 6.66. The largest absolute Gasteiger partial charge is 0.463 e. The lowest BCUT2D eigenvalue weighted by Crippen LogP contribution is -2.46. The Labute approximate surface area is 126 Å². The highest BCUT2D eigenvalue weighted by Gasteiger charge is 2.44. The smallest absolute Gasteiger partial charge is 0.411 e. The van der Waals surface area contributed by atoms with E-state index in [1.54, 1.807) is 13.0 Å². The Morgan fingerprint density at radius 2 is 2.05 bits per heavy atom. The van der Waals surface area contributed by atoms with E-state index in [4.69, 9.17) is 9.47 Å². The van der Waals surface area contributed by atoms with Crippen molar-refractivity contribution in [2.45, 2.75) is 71.1 Å². The van der Waals surface area contributed by atoms with E-state index in [0.717, 1.165) is 31.3 Å². The maximum absolute atomic E-state index is 12.4. The van der Waals surface area contributed by atoms with Crippen LogP contribution in [0.4, 0.5) is 4.79 Å². The lowest BCUT2D eigenvalue weighted by atomic mass is 10.0. The molecule has 0 radical (unpaired) electrons. The third kappa shape index (κ3) is 3.77. The molecule has 2 aliphatic rings. The summed E-state index contributed by atoms with van der Waals surface area (Å²) in [6.45, 7) is 7.76. The summed E-state index contributed by atoms with van der Waals surface area (Å²) in [6.07, 6.45) is 4.98. The van der Waals surface area contributed by atoms with Crippen LogP contribution < -0.4 is 0 Å². The fraction of sp³-hybridized carbons (Fsp3) is 0.750. The van der Waals surface area contributed by atoms with Crippen LogP contribution in [-0.2, 0) is 14.3 Å². The molecule has 2 bridgehead atoms. The van der Waals surface area contributed by atoms with Crippen molar-refractivity contribution >= 4 is 12.1 Å². The Morgan fingerprint density at radius 3 is 2.67 bits per heavy atom. The standard InChI is InChI=1S/C16H25NO4/c1-5-20-14(18)10-11-9-12-7-6-8-13(11)17(12)15(19)21-16(2,3)4/h10,12-13H,5-9H2,1-4H3/b11-10+. The third-order valence-corrected chi connectivity index (χ3v) is 3.84. The van der Waals surface area contributed by atoms with Gasteiger partial charge >= 0.3 is 12.1 Å². The van der Waals surface area contributed by atoms with Gasteiger partial charge in [0.25, 0.3) is 0 Å². The SMILES string of the molecule is CCOC(=O)/C=C1\CC2CCCC1N2C(=O)OC(C)(C)C. The van der Waals surface area contributed by atoms with Crippen LogP contribution in [0.15, 0.2) is 11.6 Å². The predicted octanol–water partition coefficient (Wildman–Crippen LogP) is 3.04. The summed E-state index contributed by atoms with van der Waals surface area (Å²) in [7, 11) is 0. The molecule has 0 N–H and O–H groups in total. The minimum Gasteiger partial charge on any atom is -0.463 e. The number of carbonyl (C=O) groups is 2. The summed E-state index contributed by atoms with van der Waals surface area (Å²) in [6, 6.07) is 0.141. The molecule has 2 rings (SSSR count). The molecule has 0 saturated carbocycles. The molecule has 1 amide bonds. The number of hydrogen-bond donors (Lipinski definition) is 0. The van der Waals surface area contributed by atoms with Crippen molar-refractivity contribution in [3.05, 3.63) is 11.6 Å². The fourth-order valence-electron chi connectivity index (χ4n) is 3.13. The normalized spacial score (nSPS) is 26.9. The van der Waals surface area contributed by atoms with E-state index in [1.807, 2.05) is 25.7 Å². The van der Waals surface area contributed by atoms with Crippen molar-refractivity contribution in [1.82, 2.24) is 4.90 Å². The van der Waals surface area contributed by atoms with Gasteiger partial charge in [0.1, 0.15) is 5.60 Å². The van der Waals surface area contributed by atoms with Crippen molar-refractivity contribution in [2.75, 3.05) is 6.61 Å². The van der Waals surface area contributed by atoms with E-state index in [0.29, 0.717) is 6.61 Å². The van der Waals surface area contributed by atoms with E-state index in [9.17, 15) is 9.59 Å². The molecule has 2 unspecified atom stereocenters. The number of esters is 1. The average Bonchev–Trinajstić information content (AvgIpc) is 2.55. The zero-order chi connectivity index (χ0) is 15.6. The fourth-order valence-corrected chi connectivity index (χ4v) is 3.13. The van der Waals surface area contributed by atoms with E-state index in [1.165, 1.54) is 0 Å². The highest BCUT2D eigenvalue weighted by molar-refractivity contribution is 5.83. The average molecular weight is 295 g/mol. The first-order valence-electron chi connectivity index (χ1n) is 7.70. The number of rotatable bonds is 2. The number of fused-ring (bicyclic) bond motifs is 2. The molecule has 0 aromatic rings. The first kappa shape index (κ1) is 15.9. The number of piperidine rings is 1. The van der Waals surface area contributed by atoms with Crippen LogP contribution in [0.2, 0.25) is 0 Å². The van der Waals surface area contributed by atoms with Gasteiger partial charge in [-0.05, 0) is 59.0 Å². The van der Waals surface area contributed by atoms with Gasteiger partial charge in [0, 0.05) is 12.1 Å². The summed E-state index contributed by atoms with van der Waals surface area (Å²) in [4.78, 5) is 25.9. The molecule has 5 nitrogen and oxygen atoms in total. The Bertz CT molecular complexity index is 450. The van der Waals surface area contributed by atoms with Gasteiger partial charge in [-0.15, -0.1) is 0 Å². The van der Waals surface area contributed by atoms with E-state index >= 15 is 0 Å². The first-order valence-corrected chi connectivity index (χ1v) is 7.70. The molecular weight excluding hydrogens is 270 g/mol. The molecule has 2 heterocycles. The number of hydrogen-bond acceptors (Lipinski definition) is 4. The third-order valence-electron chi connectivity index (χ3n) is 3.84.